The minimum Gasteiger partial charge on any atom is -0.491 e. The summed E-state index contributed by atoms with van der Waals surface area (Å²) >= 11 is 0. The number of hydrogen-bond acceptors (Lipinski definition) is 5. The van der Waals surface area contributed by atoms with Gasteiger partial charge in [0.05, 0.1) is 11.7 Å². The zero-order valence-corrected chi connectivity index (χ0v) is 16.2. The van der Waals surface area contributed by atoms with Gasteiger partial charge in [0.1, 0.15) is 17.1 Å². The molecular weight excluding hydrogens is 344 g/mol. The van der Waals surface area contributed by atoms with Crippen LogP contribution in [0.25, 0.3) is 0 Å². The average molecular weight is 370 g/mol. The number of carbonyl (C=O) groups excluding carboxylic acids is 2. The Morgan fingerprint density at radius 1 is 0.963 bits per heavy atom. The third-order valence-corrected chi connectivity index (χ3v) is 3.54. The standard InChI is InChI=1S/C22H26O5/c1-16(13-14-20(23)27-22(2,3)4)25-18-11-8-12-19(15-18)26-21(24)17-9-6-5-7-10-17/h5-12,15-16H,13-14H2,1-4H3/t16-/m0/s1. The van der Waals surface area contributed by atoms with Crippen LogP contribution in [0.3, 0.4) is 0 Å². The first-order chi connectivity index (χ1) is 12.7. The second-order valence-electron chi connectivity index (χ2n) is 7.28. The van der Waals surface area contributed by atoms with Crippen LogP contribution < -0.4 is 9.47 Å². The molecule has 0 N–H and O–H groups in total. The summed E-state index contributed by atoms with van der Waals surface area (Å²) in [6, 6.07) is 15.7. The summed E-state index contributed by atoms with van der Waals surface area (Å²) in [4.78, 5) is 23.9. The van der Waals surface area contributed by atoms with E-state index in [0.29, 0.717) is 23.5 Å². The van der Waals surface area contributed by atoms with E-state index in [-0.39, 0.29) is 18.5 Å². The summed E-state index contributed by atoms with van der Waals surface area (Å²) in [6.45, 7) is 7.40. The fourth-order valence-electron chi connectivity index (χ4n) is 2.36. The molecule has 0 saturated carbocycles. The van der Waals surface area contributed by atoms with Crippen molar-refractivity contribution in [1.82, 2.24) is 0 Å². The minimum absolute atomic E-state index is 0.183. The molecule has 0 bridgehead atoms. The molecule has 0 aliphatic carbocycles. The highest BCUT2D eigenvalue weighted by atomic mass is 16.6. The van der Waals surface area contributed by atoms with Crippen molar-refractivity contribution in [3.05, 3.63) is 60.2 Å². The predicted octanol–water partition coefficient (Wildman–Crippen LogP) is 4.80. The predicted molar refractivity (Wildman–Crippen MR) is 103 cm³/mol. The minimum atomic E-state index is -0.488. The first kappa shape index (κ1) is 20.5. The maximum atomic E-state index is 12.1. The lowest BCUT2D eigenvalue weighted by Gasteiger charge is -2.20. The van der Waals surface area contributed by atoms with Crippen LogP contribution in [0.15, 0.2) is 54.6 Å². The third-order valence-electron chi connectivity index (χ3n) is 3.54. The van der Waals surface area contributed by atoms with Gasteiger partial charge in [-0.3, -0.25) is 4.79 Å². The fourth-order valence-corrected chi connectivity index (χ4v) is 2.36. The number of rotatable bonds is 7. The number of carbonyl (C=O) groups is 2. The molecule has 0 heterocycles. The lowest BCUT2D eigenvalue weighted by atomic mass is 10.2. The van der Waals surface area contributed by atoms with Crippen molar-refractivity contribution in [3.63, 3.8) is 0 Å². The molecule has 0 spiro atoms. The van der Waals surface area contributed by atoms with E-state index >= 15 is 0 Å². The van der Waals surface area contributed by atoms with E-state index in [2.05, 4.69) is 0 Å². The summed E-state index contributed by atoms with van der Waals surface area (Å²) in [5.74, 6) is 0.306. The first-order valence-electron chi connectivity index (χ1n) is 8.99. The van der Waals surface area contributed by atoms with Gasteiger partial charge in [0, 0.05) is 12.5 Å². The van der Waals surface area contributed by atoms with Crippen molar-refractivity contribution in [2.75, 3.05) is 0 Å². The molecule has 0 fully saturated rings. The van der Waals surface area contributed by atoms with Gasteiger partial charge in [-0.1, -0.05) is 24.3 Å². The van der Waals surface area contributed by atoms with Crippen LogP contribution in [0.4, 0.5) is 0 Å². The fraction of sp³-hybridized carbons (Fsp3) is 0.364. The summed E-state index contributed by atoms with van der Waals surface area (Å²) in [5, 5.41) is 0. The number of ether oxygens (including phenoxy) is 3. The molecule has 0 radical (unpaired) electrons. The highest BCUT2D eigenvalue weighted by molar-refractivity contribution is 5.91. The van der Waals surface area contributed by atoms with Crippen LogP contribution in [0.5, 0.6) is 11.5 Å². The topological polar surface area (TPSA) is 61.8 Å². The molecule has 5 heteroatoms. The number of benzene rings is 2. The number of esters is 2. The smallest absolute Gasteiger partial charge is 0.343 e. The Bertz CT molecular complexity index is 762. The van der Waals surface area contributed by atoms with Gasteiger partial charge >= 0.3 is 11.9 Å². The van der Waals surface area contributed by atoms with Crippen LogP contribution in [0, 0.1) is 0 Å². The maximum absolute atomic E-state index is 12.1. The third kappa shape index (κ3) is 7.52. The van der Waals surface area contributed by atoms with E-state index in [1.165, 1.54) is 0 Å². The van der Waals surface area contributed by atoms with Gasteiger partial charge in [-0.05, 0) is 58.4 Å². The molecule has 0 aliphatic rings. The van der Waals surface area contributed by atoms with E-state index < -0.39 is 11.6 Å². The van der Waals surface area contributed by atoms with Gasteiger partial charge in [0.15, 0.2) is 0 Å². The summed E-state index contributed by atoms with van der Waals surface area (Å²) < 4.78 is 16.5. The normalized spacial score (nSPS) is 12.1. The molecule has 2 rings (SSSR count). The van der Waals surface area contributed by atoms with Crippen LogP contribution in [-0.4, -0.2) is 23.6 Å². The van der Waals surface area contributed by atoms with Crippen LogP contribution in [0.1, 0.15) is 50.9 Å². The molecule has 144 valence electrons. The van der Waals surface area contributed by atoms with Crippen molar-refractivity contribution in [1.29, 1.82) is 0 Å². The highest BCUT2D eigenvalue weighted by Crippen LogP contribution is 2.22. The zero-order chi connectivity index (χ0) is 19.9. The molecule has 0 aliphatic heterocycles. The molecular formula is C22H26O5. The molecule has 0 unspecified atom stereocenters. The van der Waals surface area contributed by atoms with Gasteiger partial charge in [-0.2, -0.15) is 0 Å². The van der Waals surface area contributed by atoms with Crippen molar-refractivity contribution < 1.29 is 23.8 Å². The van der Waals surface area contributed by atoms with Crippen molar-refractivity contribution in [3.8, 4) is 11.5 Å². The van der Waals surface area contributed by atoms with Crippen molar-refractivity contribution >= 4 is 11.9 Å². The largest absolute Gasteiger partial charge is 0.491 e. The lowest BCUT2D eigenvalue weighted by Crippen LogP contribution is -2.25. The van der Waals surface area contributed by atoms with Gasteiger partial charge in [0.25, 0.3) is 0 Å². The van der Waals surface area contributed by atoms with E-state index in [9.17, 15) is 9.59 Å². The van der Waals surface area contributed by atoms with Gasteiger partial charge in [0.2, 0.25) is 0 Å². The summed E-state index contributed by atoms with van der Waals surface area (Å²) in [7, 11) is 0. The molecule has 1 atom stereocenters. The molecule has 0 aromatic heterocycles. The first-order valence-corrected chi connectivity index (χ1v) is 8.99. The van der Waals surface area contributed by atoms with E-state index in [4.69, 9.17) is 14.2 Å². The molecule has 0 amide bonds. The maximum Gasteiger partial charge on any atom is 0.343 e. The van der Waals surface area contributed by atoms with E-state index in [1.807, 2.05) is 33.8 Å². The lowest BCUT2D eigenvalue weighted by molar-refractivity contribution is -0.155. The van der Waals surface area contributed by atoms with E-state index in [1.54, 1.807) is 48.5 Å². The van der Waals surface area contributed by atoms with Gasteiger partial charge < -0.3 is 14.2 Å². The summed E-state index contributed by atoms with van der Waals surface area (Å²) in [5.41, 5.74) is -0.00689. The molecule has 0 saturated heterocycles. The van der Waals surface area contributed by atoms with Crippen LogP contribution in [0.2, 0.25) is 0 Å². The highest BCUT2D eigenvalue weighted by Gasteiger charge is 2.17. The van der Waals surface area contributed by atoms with Crippen LogP contribution >= 0.6 is 0 Å². The molecule has 27 heavy (non-hydrogen) atoms. The average Bonchev–Trinajstić information content (AvgIpc) is 2.59. The Labute approximate surface area is 160 Å². The van der Waals surface area contributed by atoms with E-state index in [0.717, 1.165) is 0 Å². The monoisotopic (exact) mass is 370 g/mol. The van der Waals surface area contributed by atoms with Crippen LogP contribution in [-0.2, 0) is 9.53 Å². The molecule has 2 aromatic rings. The second-order valence-corrected chi connectivity index (χ2v) is 7.28. The Morgan fingerprint density at radius 2 is 1.63 bits per heavy atom. The quantitative estimate of drug-likeness (QED) is 0.518. The van der Waals surface area contributed by atoms with Crippen molar-refractivity contribution in [2.24, 2.45) is 0 Å². The molecule has 5 nitrogen and oxygen atoms in total. The Hall–Kier alpha value is -2.82. The Kier molecular flexibility index (Phi) is 6.99. The zero-order valence-electron chi connectivity index (χ0n) is 16.2. The van der Waals surface area contributed by atoms with Crippen molar-refractivity contribution in [2.45, 2.75) is 52.2 Å². The summed E-state index contributed by atoms with van der Waals surface area (Å²) in [6.07, 6.45) is 0.627. The Balaban J connectivity index is 1.87. The van der Waals surface area contributed by atoms with Gasteiger partial charge in [-0.25, -0.2) is 4.79 Å². The molecule has 2 aromatic carbocycles. The second kappa shape index (κ2) is 9.21. The number of hydrogen-bond donors (Lipinski definition) is 0. The SMILES string of the molecule is C[C@@H](CCC(=O)OC(C)(C)C)Oc1cccc(OC(=O)c2ccccc2)c1. The van der Waals surface area contributed by atoms with Gasteiger partial charge in [-0.15, -0.1) is 0 Å². The Morgan fingerprint density at radius 3 is 2.30 bits per heavy atom.